The van der Waals surface area contributed by atoms with Crippen LogP contribution in [0.25, 0.3) is 0 Å². The van der Waals surface area contributed by atoms with E-state index in [1.807, 2.05) is 0 Å². The van der Waals surface area contributed by atoms with Crippen LogP contribution in [0.2, 0.25) is 0 Å². The first-order valence-electron chi connectivity index (χ1n) is 9.96. The minimum Gasteiger partial charge on any atom is -0.464 e. The van der Waals surface area contributed by atoms with Gasteiger partial charge in [-0.1, -0.05) is 11.3 Å². The van der Waals surface area contributed by atoms with Crippen LogP contribution in [-0.2, 0) is 19.1 Å². The number of amides is 2. The Bertz CT molecular complexity index is 820. The van der Waals surface area contributed by atoms with Crippen molar-refractivity contribution in [3.05, 3.63) is 18.5 Å². The average molecular weight is 420 g/mol. The Hall–Kier alpha value is -2.98. The lowest BCUT2D eigenvalue weighted by molar-refractivity contribution is -0.149. The average Bonchev–Trinajstić information content (AvgIpc) is 3.04. The number of aromatic amines is 1. The second kappa shape index (κ2) is 8.04. The van der Waals surface area contributed by atoms with Gasteiger partial charge in [-0.25, -0.2) is 9.59 Å². The van der Waals surface area contributed by atoms with Crippen LogP contribution in [0.5, 0.6) is 0 Å². The third kappa shape index (κ3) is 4.29. The first-order valence-corrected chi connectivity index (χ1v) is 9.96. The third-order valence-corrected chi connectivity index (χ3v) is 5.24. The number of likely N-dealkylation sites (tertiary alicyclic amines) is 1. The topological polar surface area (TPSA) is 139 Å². The Morgan fingerprint density at radius 1 is 1.40 bits per heavy atom. The number of tetrazole rings is 1. The fourth-order valence-corrected chi connectivity index (χ4v) is 3.70. The molecule has 11 heteroatoms. The van der Waals surface area contributed by atoms with Crippen molar-refractivity contribution in [1.29, 1.82) is 0 Å². The number of nitrogens with zero attached hydrogens (tertiary/aromatic N) is 4. The molecule has 1 aliphatic carbocycles. The molecule has 1 saturated heterocycles. The van der Waals surface area contributed by atoms with Gasteiger partial charge >= 0.3 is 12.1 Å². The van der Waals surface area contributed by atoms with Gasteiger partial charge in [0.15, 0.2) is 5.82 Å². The van der Waals surface area contributed by atoms with Crippen molar-refractivity contribution in [2.75, 3.05) is 13.2 Å². The summed E-state index contributed by atoms with van der Waals surface area (Å²) in [7, 11) is 0. The van der Waals surface area contributed by atoms with E-state index in [2.05, 4.69) is 32.5 Å². The van der Waals surface area contributed by atoms with Crippen molar-refractivity contribution in [2.24, 2.45) is 5.92 Å². The van der Waals surface area contributed by atoms with E-state index in [9.17, 15) is 14.4 Å². The van der Waals surface area contributed by atoms with Gasteiger partial charge in [0.1, 0.15) is 17.2 Å². The fourth-order valence-electron chi connectivity index (χ4n) is 3.70. The lowest BCUT2D eigenvalue weighted by Gasteiger charge is -2.29. The Kier molecular flexibility index (Phi) is 5.82. The van der Waals surface area contributed by atoms with Crippen LogP contribution in [0.4, 0.5) is 4.79 Å². The lowest BCUT2D eigenvalue weighted by Crippen LogP contribution is -2.53. The number of hydrogen-bond donors (Lipinski definition) is 2. The van der Waals surface area contributed by atoms with Gasteiger partial charge in [0.2, 0.25) is 5.91 Å². The van der Waals surface area contributed by atoms with Gasteiger partial charge in [0.25, 0.3) is 0 Å². The van der Waals surface area contributed by atoms with Crippen molar-refractivity contribution in [3.63, 3.8) is 0 Å². The Morgan fingerprint density at radius 2 is 2.13 bits per heavy atom. The Morgan fingerprint density at radius 3 is 2.67 bits per heavy atom. The molecular formula is C19H28N6O5. The SMILES string of the molecule is C=CC1CC1(NC(=O)[C@H]1C[C@@H](c2nn[nH]n2)CN1C(=O)OC(C)(C)C)C(=O)OCC. The van der Waals surface area contributed by atoms with Crippen molar-refractivity contribution in [1.82, 2.24) is 30.8 Å². The molecule has 0 aromatic carbocycles. The number of aromatic nitrogens is 4. The molecule has 0 spiro atoms. The van der Waals surface area contributed by atoms with Crippen molar-refractivity contribution >= 4 is 18.0 Å². The van der Waals surface area contributed by atoms with Crippen LogP contribution < -0.4 is 5.32 Å². The molecule has 2 aliphatic rings. The van der Waals surface area contributed by atoms with Crippen LogP contribution in [-0.4, -0.2) is 73.8 Å². The number of hydrogen-bond acceptors (Lipinski definition) is 8. The van der Waals surface area contributed by atoms with Gasteiger partial charge < -0.3 is 14.8 Å². The summed E-state index contributed by atoms with van der Waals surface area (Å²) in [5, 5.41) is 16.7. The molecular weight excluding hydrogens is 392 g/mol. The summed E-state index contributed by atoms with van der Waals surface area (Å²) in [5.41, 5.74) is -1.86. The molecule has 1 aromatic heterocycles. The lowest BCUT2D eigenvalue weighted by atomic mass is 10.0. The first kappa shape index (κ1) is 21.7. The molecule has 2 unspecified atom stereocenters. The van der Waals surface area contributed by atoms with Crippen molar-refractivity contribution in [3.8, 4) is 0 Å². The molecule has 1 aromatic rings. The van der Waals surface area contributed by atoms with E-state index in [-0.39, 0.29) is 31.4 Å². The largest absolute Gasteiger partial charge is 0.464 e. The number of H-pyrrole nitrogens is 1. The molecule has 164 valence electrons. The van der Waals surface area contributed by atoms with Gasteiger partial charge in [-0.2, -0.15) is 5.21 Å². The molecule has 2 amide bonds. The molecule has 1 aliphatic heterocycles. The summed E-state index contributed by atoms with van der Waals surface area (Å²) in [6.45, 7) is 11.1. The molecule has 1 saturated carbocycles. The molecule has 0 bridgehead atoms. The molecule has 2 N–H and O–H groups in total. The number of carbonyl (C=O) groups excluding carboxylic acids is 3. The highest BCUT2D eigenvalue weighted by atomic mass is 16.6. The third-order valence-electron chi connectivity index (χ3n) is 5.24. The maximum absolute atomic E-state index is 13.2. The summed E-state index contributed by atoms with van der Waals surface area (Å²) >= 11 is 0. The van der Waals surface area contributed by atoms with Gasteiger partial charge in [0, 0.05) is 18.4 Å². The predicted molar refractivity (Wildman–Crippen MR) is 104 cm³/mol. The molecule has 4 atom stereocenters. The zero-order chi connectivity index (χ0) is 22.1. The van der Waals surface area contributed by atoms with E-state index in [4.69, 9.17) is 9.47 Å². The number of carbonyl (C=O) groups is 3. The van der Waals surface area contributed by atoms with Crippen LogP contribution in [0.15, 0.2) is 12.7 Å². The van der Waals surface area contributed by atoms with E-state index < -0.39 is 35.2 Å². The maximum atomic E-state index is 13.2. The Balaban J connectivity index is 1.80. The molecule has 11 nitrogen and oxygen atoms in total. The van der Waals surface area contributed by atoms with Gasteiger partial charge in [-0.15, -0.1) is 16.8 Å². The normalized spacial score (nSPS) is 28.0. The molecule has 2 fully saturated rings. The zero-order valence-corrected chi connectivity index (χ0v) is 17.7. The van der Waals surface area contributed by atoms with E-state index in [1.165, 1.54) is 4.90 Å². The van der Waals surface area contributed by atoms with E-state index in [0.29, 0.717) is 12.2 Å². The molecule has 30 heavy (non-hydrogen) atoms. The van der Waals surface area contributed by atoms with Crippen LogP contribution in [0.3, 0.4) is 0 Å². The highest BCUT2D eigenvalue weighted by Crippen LogP contribution is 2.46. The summed E-state index contributed by atoms with van der Waals surface area (Å²) in [6.07, 6.45) is 1.70. The Labute approximate surface area is 174 Å². The van der Waals surface area contributed by atoms with Crippen LogP contribution >= 0.6 is 0 Å². The number of rotatable bonds is 6. The highest BCUT2D eigenvalue weighted by Gasteiger charge is 2.62. The highest BCUT2D eigenvalue weighted by molar-refractivity contribution is 5.95. The second-order valence-electron chi connectivity index (χ2n) is 8.58. The van der Waals surface area contributed by atoms with Crippen molar-refractivity contribution in [2.45, 2.75) is 63.6 Å². The number of esters is 1. The summed E-state index contributed by atoms with van der Waals surface area (Å²) in [5.74, 6) is -1.05. The van der Waals surface area contributed by atoms with E-state index in [0.717, 1.165) is 0 Å². The van der Waals surface area contributed by atoms with Crippen molar-refractivity contribution < 1.29 is 23.9 Å². The number of nitrogens with one attached hydrogen (secondary N) is 2. The van der Waals surface area contributed by atoms with Crippen LogP contribution in [0, 0.1) is 5.92 Å². The van der Waals surface area contributed by atoms with Gasteiger partial charge in [0.05, 0.1) is 6.61 Å². The maximum Gasteiger partial charge on any atom is 0.410 e. The summed E-state index contributed by atoms with van der Waals surface area (Å²) in [6, 6.07) is -0.847. The molecule has 3 rings (SSSR count). The summed E-state index contributed by atoms with van der Waals surface area (Å²) < 4.78 is 10.6. The minimum absolute atomic E-state index is 0.198. The van der Waals surface area contributed by atoms with E-state index in [1.54, 1.807) is 33.8 Å². The smallest absolute Gasteiger partial charge is 0.410 e. The monoisotopic (exact) mass is 420 g/mol. The second-order valence-corrected chi connectivity index (χ2v) is 8.58. The first-order chi connectivity index (χ1) is 14.1. The number of ether oxygens (including phenoxy) is 2. The fraction of sp³-hybridized carbons (Fsp3) is 0.684. The zero-order valence-electron chi connectivity index (χ0n) is 17.7. The van der Waals surface area contributed by atoms with Gasteiger partial charge in [-0.05, 0) is 40.5 Å². The quantitative estimate of drug-likeness (QED) is 0.511. The minimum atomic E-state index is -1.14. The van der Waals surface area contributed by atoms with Gasteiger partial charge in [-0.3, -0.25) is 9.69 Å². The predicted octanol–water partition coefficient (Wildman–Crippen LogP) is 0.917. The molecule has 2 heterocycles. The summed E-state index contributed by atoms with van der Waals surface area (Å²) in [4.78, 5) is 39.8. The standard InChI is InChI=1S/C19H28N6O5/c1-6-12-9-19(12,16(27)29-7-2)20-15(26)13-8-11(14-21-23-24-22-14)10-25(13)17(28)30-18(3,4)5/h6,11-13H,1,7-10H2,2-5H3,(H,20,26)(H,21,22,23,24)/t11-,12?,13-,19?/m1/s1. The van der Waals surface area contributed by atoms with Crippen LogP contribution in [0.1, 0.15) is 52.3 Å². The molecule has 0 radical (unpaired) electrons. The van der Waals surface area contributed by atoms with E-state index >= 15 is 0 Å².